The van der Waals surface area contributed by atoms with Crippen LogP contribution in [0.15, 0.2) is 88.7 Å². The summed E-state index contributed by atoms with van der Waals surface area (Å²) >= 11 is 1.36. The quantitative estimate of drug-likeness (QED) is 0.244. The molecule has 1 fully saturated rings. The molecule has 9 heteroatoms. The van der Waals surface area contributed by atoms with Gasteiger partial charge in [0.25, 0.3) is 0 Å². The summed E-state index contributed by atoms with van der Waals surface area (Å²) in [6, 6.07) is 16.6. The number of amides is 2. The lowest BCUT2D eigenvalue weighted by atomic mass is 9.80. The van der Waals surface area contributed by atoms with Gasteiger partial charge in [0, 0.05) is 16.5 Å². The summed E-state index contributed by atoms with van der Waals surface area (Å²) in [7, 11) is 0. The average Bonchev–Trinajstić information content (AvgIpc) is 3.65. The molecular formula is C31H27FN2O5S. The number of Topliss-reactive ketones (excluding diaryl/α,β-unsaturated/α-hetero) is 1. The molecule has 5 rings (SSSR count). The van der Waals surface area contributed by atoms with Gasteiger partial charge in [0.2, 0.25) is 5.78 Å². The number of benzene rings is 2. The van der Waals surface area contributed by atoms with Crippen molar-refractivity contribution in [2.45, 2.75) is 31.8 Å². The molecule has 1 aliphatic rings. The van der Waals surface area contributed by atoms with Crippen LogP contribution < -0.4 is 5.32 Å². The Balaban J connectivity index is 1.66. The number of carbonyl (C=O) groups is 3. The van der Waals surface area contributed by atoms with E-state index in [0.717, 1.165) is 11.1 Å². The van der Waals surface area contributed by atoms with E-state index in [2.05, 4.69) is 5.32 Å². The second-order valence-electron chi connectivity index (χ2n) is 9.68. The minimum absolute atomic E-state index is 0.102. The minimum atomic E-state index is -1.37. The van der Waals surface area contributed by atoms with E-state index in [0.29, 0.717) is 16.3 Å². The third kappa shape index (κ3) is 5.33. The molecule has 2 amide bonds. The number of nitrogens with one attached hydrogen (secondary N) is 1. The Morgan fingerprint density at radius 2 is 1.73 bits per heavy atom. The van der Waals surface area contributed by atoms with E-state index in [4.69, 9.17) is 4.42 Å². The highest BCUT2D eigenvalue weighted by Crippen LogP contribution is 2.47. The van der Waals surface area contributed by atoms with E-state index in [9.17, 15) is 23.9 Å². The highest BCUT2D eigenvalue weighted by atomic mass is 32.1. The number of carboxylic acid groups (broad SMARTS) is 1. The maximum Gasteiger partial charge on any atom is 0.327 e. The predicted molar refractivity (Wildman–Crippen MR) is 151 cm³/mol. The van der Waals surface area contributed by atoms with Crippen LogP contribution in [-0.4, -0.2) is 39.9 Å². The number of hydrogen-bond acceptors (Lipinski definition) is 5. The molecule has 40 heavy (non-hydrogen) atoms. The molecule has 204 valence electrons. The molecule has 1 aliphatic heterocycles. The van der Waals surface area contributed by atoms with Crippen LogP contribution in [0.25, 0.3) is 6.08 Å². The Hall–Kier alpha value is -4.50. The summed E-state index contributed by atoms with van der Waals surface area (Å²) in [5.74, 6) is -3.26. The number of thiophene rings is 1. The molecule has 0 bridgehead atoms. The van der Waals surface area contributed by atoms with Gasteiger partial charge in [-0.1, -0.05) is 42.5 Å². The lowest BCUT2D eigenvalue weighted by Gasteiger charge is -2.28. The fraction of sp³-hybridized carbons (Fsp3) is 0.194. The number of hydrogen-bond donors (Lipinski definition) is 2. The third-order valence-corrected chi connectivity index (χ3v) is 8.19. The van der Waals surface area contributed by atoms with Gasteiger partial charge in [-0.05, 0) is 72.8 Å². The molecule has 7 nitrogen and oxygen atoms in total. The first-order valence-electron chi connectivity index (χ1n) is 12.7. The maximum atomic E-state index is 14.1. The van der Waals surface area contributed by atoms with Gasteiger partial charge in [0.05, 0.1) is 12.0 Å². The van der Waals surface area contributed by atoms with E-state index < -0.39 is 47.5 Å². The molecular weight excluding hydrogens is 531 g/mol. The van der Waals surface area contributed by atoms with Gasteiger partial charge in [0.1, 0.15) is 17.6 Å². The number of halogens is 1. The normalized spacial score (nSPS) is 20.6. The second-order valence-corrected chi connectivity index (χ2v) is 10.6. The number of carboxylic acids is 1. The molecule has 0 radical (unpaired) electrons. The Morgan fingerprint density at radius 1 is 1.00 bits per heavy atom. The number of ketones is 1. The van der Waals surface area contributed by atoms with Gasteiger partial charge in [-0.15, -0.1) is 11.3 Å². The third-order valence-electron chi connectivity index (χ3n) is 7.07. The van der Waals surface area contributed by atoms with Crippen molar-refractivity contribution in [3.05, 3.63) is 118 Å². The molecule has 2 aromatic carbocycles. The lowest BCUT2D eigenvalue weighted by Crippen LogP contribution is -2.48. The summed E-state index contributed by atoms with van der Waals surface area (Å²) in [4.78, 5) is 42.8. The number of furan rings is 1. The Morgan fingerprint density at radius 3 is 2.33 bits per heavy atom. The van der Waals surface area contributed by atoms with Crippen LogP contribution in [0.5, 0.6) is 0 Å². The summed E-state index contributed by atoms with van der Waals surface area (Å²) in [6.45, 7) is 3.58. The Bertz CT molecular complexity index is 1560. The van der Waals surface area contributed by atoms with Gasteiger partial charge in [0.15, 0.2) is 5.76 Å². The van der Waals surface area contributed by atoms with E-state index in [1.165, 1.54) is 40.5 Å². The SMILES string of the molecule is Cc1ccc(C(=O)C2C(c3sccc3C)C(C(=O)O)N(C(=O)Nc3ccc(F)cc3)C2C=Cc2ccccc2)o1. The van der Waals surface area contributed by atoms with Crippen molar-refractivity contribution in [1.82, 2.24) is 4.90 Å². The van der Waals surface area contributed by atoms with Gasteiger partial charge >= 0.3 is 12.0 Å². The standard InChI is InChI=1S/C31H27FN2O5S/c1-18-16-17-40-29(18)26-25(28(35)24-15-8-19(2)39-24)23(14-9-20-6-4-3-5-7-20)34(27(26)30(36)37)31(38)33-22-12-10-21(32)11-13-22/h3-17,23,25-27H,1-2H3,(H,33,38)(H,36,37). The second kappa shape index (κ2) is 11.3. The molecule has 2 N–H and O–H groups in total. The van der Waals surface area contributed by atoms with Gasteiger partial charge < -0.3 is 19.7 Å². The van der Waals surface area contributed by atoms with Gasteiger partial charge in [-0.25, -0.2) is 14.0 Å². The zero-order chi connectivity index (χ0) is 28.4. The molecule has 2 aromatic heterocycles. The van der Waals surface area contributed by atoms with E-state index in [1.807, 2.05) is 48.7 Å². The zero-order valence-electron chi connectivity index (χ0n) is 21.8. The highest BCUT2D eigenvalue weighted by molar-refractivity contribution is 7.10. The van der Waals surface area contributed by atoms with E-state index in [1.54, 1.807) is 31.2 Å². The van der Waals surface area contributed by atoms with Gasteiger partial charge in [-0.3, -0.25) is 4.79 Å². The van der Waals surface area contributed by atoms with Crippen molar-refractivity contribution < 1.29 is 28.3 Å². The topological polar surface area (TPSA) is 99.9 Å². The van der Waals surface area contributed by atoms with Crippen LogP contribution in [0.1, 0.15) is 38.2 Å². The van der Waals surface area contributed by atoms with Gasteiger partial charge in [-0.2, -0.15) is 0 Å². The van der Waals surface area contributed by atoms with Crippen molar-refractivity contribution in [2.24, 2.45) is 5.92 Å². The zero-order valence-corrected chi connectivity index (χ0v) is 22.6. The summed E-state index contributed by atoms with van der Waals surface area (Å²) in [6.07, 6.45) is 3.48. The Kier molecular flexibility index (Phi) is 7.66. The number of likely N-dealkylation sites (tertiary alicyclic amines) is 1. The van der Waals surface area contributed by atoms with Crippen LogP contribution in [0.3, 0.4) is 0 Å². The first kappa shape index (κ1) is 27.1. The van der Waals surface area contributed by atoms with Crippen molar-refractivity contribution >= 4 is 40.9 Å². The van der Waals surface area contributed by atoms with Crippen LogP contribution in [-0.2, 0) is 4.79 Å². The molecule has 4 unspecified atom stereocenters. The molecule has 0 saturated carbocycles. The number of anilines is 1. The smallest absolute Gasteiger partial charge is 0.327 e. The summed E-state index contributed by atoms with van der Waals surface area (Å²) in [5, 5.41) is 15.1. The first-order chi connectivity index (χ1) is 19.2. The van der Waals surface area contributed by atoms with Crippen LogP contribution >= 0.6 is 11.3 Å². The number of carbonyl (C=O) groups excluding carboxylic acids is 2. The molecule has 3 heterocycles. The largest absolute Gasteiger partial charge is 0.480 e. The number of rotatable bonds is 7. The number of nitrogens with zero attached hydrogens (tertiary/aromatic N) is 1. The van der Waals surface area contributed by atoms with Crippen LogP contribution in [0, 0.1) is 25.6 Å². The highest BCUT2D eigenvalue weighted by Gasteiger charge is 2.57. The molecule has 1 saturated heterocycles. The maximum absolute atomic E-state index is 14.1. The molecule has 4 aromatic rings. The van der Waals surface area contributed by atoms with Crippen LogP contribution in [0.4, 0.5) is 14.9 Å². The van der Waals surface area contributed by atoms with Crippen molar-refractivity contribution in [3.63, 3.8) is 0 Å². The van der Waals surface area contributed by atoms with Crippen molar-refractivity contribution in [1.29, 1.82) is 0 Å². The van der Waals surface area contributed by atoms with Crippen molar-refractivity contribution in [2.75, 3.05) is 5.32 Å². The fourth-order valence-corrected chi connectivity index (χ4v) is 6.37. The summed E-state index contributed by atoms with van der Waals surface area (Å²) in [5.41, 5.74) is 1.95. The average molecular weight is 559 g/mol. The van der Waals surface area contributed by atoms with Crippen LogP contribution in [0.2, 0.25) is 0 Å². The number of aliphatic carboxylic acids is 1. The summed E-state index contributed by atoms with van der Waals surface area (Å²) < 4.78 is 19.2. The molecule has 4 atom stereocenters. The minimum Gasteiger partial charge on any atom is -0.480 e. The van der Waals surface area contributed by atoms with E-state index in [-0.39, 0.29) is 5.76 Å². The van der Waals surface area contributed by atoms with E-state index >= 15 is 0 Å². The first-order valence-corrected chi connectivity index (χ1v) is 13.6. The fourth-order valence-electron chi connectivity index (χ4n) is 5.26. The monoisotopic (exact) mass is 558 g/mol. The molecule has 0 aliphatic carbocycles. The van der Waals surface area contributed by atoms with Crippen molar-refractivity contribution in [3.8, 4) is 0 Å². The molecule has 0 spiro atoms. The predicted octanol–water partition coefficient (Wildman–Crippen LogP) is 6.76. The lowest BCUT2D eigenvalue weighted by molar-refractivity contribution is -0.141. The number of aryl methyl sites for hydroxylation is 2. The number of urea groups is 1. The Labute approximate surface area is 234 Å².